The summed E-state index contributed by atoms with van der Waals surface area (Å²) in [6, 6.07) is 0. The van der Waals surface area contributed by atoms with Gasteiger partial charge in [0.25, 0.3) is 0 Å². The maximum Gasteiger partial charge on any atom is 0.174 e. The van der Waals surface area contributed by atoms with Crippen molar-refractivity contribution < 1.29 is 4.79 Å². The number of carbonyl (C=O) groups is 1. The van der Waals surface area contributed by atoms with Crippen LogP contribution in [0.4, 0.5) is 0 Å². The summed E-state index contributed by atoms with van der Waals surface area (Å²) in [4.78, 5) is 10.2. The molecule has 0 spiro atoms. The number of hydrogen-bond acceptors (Lipinski definition) is 1. The van der Waals surface area contributed by atoms with E-state index in [2.05, 4.69) is 0 Å². The van der Waals surface area contributed by atoms with Gasteiger partial charge < -0.3 is 0 Å². The van der Waals surface area contributed by atoms with Crippen molar-refractivity contribution in [2.45, 2.75) is 22.6 Å². The van der Waals surface area contributed by atoms with E-state index in [-0.39, 0.29) is 5.78 Å². The molecule has 0 saturated heterocycles. The van der Waals surface area contributed by atoms with Gasteiger partial charge in [-0.05, 0) is 13.0 Å². The summed E-state index contributed by atoms with van der Waals surface area (Å²) in [5.41, 5.74) is 0. The van der Waals surface area contributed by atoms with E-state index in [1.54, 1.807) is 13.0 Å². The lowest BCUT2D eigenvalue weighted by Crippen LogP contribution is -2.41. The van der Waals surface area contributed by atoms with E-state index in [1.807, 2.05) is 0 Å². The Hall–Kier alpha value is 0.280. The van der Waals surface area contributed by atoms with Gasteiger partial charge in [0.2, 0.25) is 0 Å². The van der Waals surface area contributed by atoms with Crippen LogP contribution in [0.3, 0.4) is 0 Å². The van der Waals surface area contributed by atoms with Crippen LogP contribution in [0.1, 0.15) is 6.92 Å². The molecule has 1 nitrogen and oxygen atoms in total. The zero-order valence-electron chi connectivity index (χ0n) is 5.85. The lowest BCUT2D eigenvalue weighted by atomic mass is 9.95. The van der Waals surface area contributed by atoms with Crippen molar-refractivity contribution in [3.63, 3.8) is 0 Å². The fraction of sp³-hybridized carbons (Fsp3) is 0.571. The molecule has 1 aliphatic rings. The van der Waals surface area contributed by atoms with E-state index in [0.29, 0.717) is 0 Å². The van der Waals surface area contributed by atoms with Crippen LogP contribution >= 0.6 is 34.8 Å². The third-order valence-corrected chi connectivity index (χ3v) is 3.42. The molecule has 3 unspecified atom stereocenters. The minimum atomic E-state index is -0.706. The summed E-state index contributed by atoms with van der Waals surface area (Å²) in [6.07, 6.45) is 2.96. The topological polar surface area (TPSA) is 17.1 Å². The summed E-state index contributed by atoms with van der Waals surface area (Å²) < 4.78 is 0. The Balaban J connectivity index is 2.94. The van der Waals surface area contributed by atoms with Gasteiger partial charge in [-0.25, -0.2) is 0 Å². The fourth-order valence-corrected chi connectivity index (χ4v) is 1.64. The number of carbonyl (C=O) groups excluding carboxylic acids is 1. The molecule has 0 fully saturated rings. The molecule has 1 rings (SSSR count). The molecule has 0 radical (unpaired) electrons. The molecule has 0 aromatic heterocycles. The van der Waals surface area contributed by atoms with E-state index in [9.17, 15) is 4.79 Å². The molecule has 0 heterocycles. The largest absolute Gasteiger partial charge is 0.293 e. The number of allylic oxidation sites excluding steroid dienone is 2. The van der Waals surface area contributed by atoms with Crippen molar-refractivity contribution in [1.29, 1.82) is 0 Å². The van der Waals surface area contributed by atoms with Gasteiger partial charge in [0.15, 0.2) is 5.78 Å². The van der Waals surface area contributed by atoms with Gasteiger partial charge in [0.05, 0.1) is 10.3 Å². The molecule has 4 heteroatoms. The van der Waals surface area contributed by atoms with Crippen LogP contribution in [0.2, 0.25) is 0 Å². The highest BCUT2D eigenvalue weighted by Gasteiger charge is 2.39. The van der Waals surface area contributed by atoms with Crippen molar-refractivity contribution in [2.24, 2.45) is 0 Å². The zero-order chi connectivity index (χ0) is 8.65. The minimum absolute atomic E-state index is 0.176. The van der Waals surface area contributed by atoms with Gasteiger partial charge in [-0.1, -0.05) is 6.08 Å². The molecule has 0 amide bonds. The quantitative estimate of drug-likeness (QED) is 0.565. The Labute approximate surface area is 80.3 Å². The second-order valence-electron chi connectivity index (χ2n) is 2.69. The molecular weight excluding hydrogens is 206 g/mol. The first-order valence-corrected chi connectivity index (χ1v) is 4.40. The van der Waals surface area contributed by atoms with Crippen LogP contribution in [0.25, 0.3) is 0 Å². The Morgan fingerprint density at radius 1 is 1.55 bits per heavy atom. The molecule has 62 valence electrons. The van der Waals surface area contributed by atoms with Crippen LogP contribution in [0.15, 0.2) is 12.2 Å². The van der Waals surface area contributed by atoms with E-state index < -0.39 is 15.6 Å². The molecule has 0 N–H and O–H groups in total. The summed E-state index contributed by atoms with van der Waals surface area (Å²) in [6.45, 7) is 1.73. The predicted octanol–water partition coefficient (Wildman–Crippen LogP) is 2.34. The van der Waals surface area contributed by atoms with Gasteiger partial charge in [0.1, 0.15) is 5.38 Å². The van der Waals surface area contributed by atoms with Crippen molar-refractivity contribution in [2.75, 3.05) is 0 Å². The monoisotopic (exact) mass is 212 g/mol. The highest BCUT2D eigenvalue weighted by molar-refractivity contribution is 6.44. The highest BCUT2D eigenvalue weighted by atomic mass is 35.5. The molecule has 0 aromatic rings. The second-order valence-corrected chi connectivity index (χ2v) is 4.45. The number of halogens is 3. The van der Waals surface area contributed by atoms with Crippen molar-refractivity contribution >= 4 is 40.6 Å². The first-order valence-electron chi connectivity index (χ1n) is 3.15. The third-order valence-electron chi connectivity index (χ3n) is 1.64. The Kier molecular flexibility index (Phi) is 2.53. The summed E-state index contributed by atoms with van der Waals surface area (Å²) in [5, 5.41) is -1.24. The van der Waals surface area contributed by atoms with E-state index in [1.165, 1.54) is 6.08 Å². The van der Waals surface area contributed by atoms with E-state index >= 15 is 0 Å². The fourth-order valence-electron chi connectivity index (χ4n) is 0.859. The van der Waals surface area contributed by atoms with E-state index in [0.717, 1.165) is 0 Å². The second kappa shape index (κ2) is 2.96. The molecule has 3 atom stereocenters. The lowest BCUT2D eigenvalue weighted by molar-refractivity contribution is -0.114. The summed E-state index contributed by atoms with van der Waals surface area (Å²) in [7, 11) is 0. The average Bonchev–Trinajstić information content (AvgIpc) is 1.95. The first-order chi connectivity index (χ1) is 4.95. The van der Waals surface area contributed by atoms with Gasteiger partial charge in [-0.15, -0.1) is 34.8 Å². The highest BCUT2D eigenvalue weighted by Crippen LogP contribution is 2.34. The summed E-state index contributed by atoms with van der Waals surface area (Å²) >= 11 is 17.4. The van der Waals surface area contributed by atoms with Gasteiger partial charge in [-0.3, -0.25) is 4.79 Å². The zero-order valence-corrected chi connectivity index (χ0v) is 8.12. The first kappa shape index (κ1) is 9.37. The van der Waals surface area contributed by atoms with Gasteiger partial charge in [-0.2, -0.15) is 0 Å². The summed E-state index contributed by atoms with van der Waals surface area (Å²) in [5.74, 6) is -0.176. The van der Waals surface area contributed by atoms with Crippen LogP contribution in [-0.4, -0.2) is 21.4 Å². The average molecular weight is 213 g/mol. The maximum atomic E-state index is 10.9. The molecule has 0 aliphatic heterocycles. The third kappa shape index (κ3) is 1.71. The maximum absolute atomic E-state index is 10.9. The SMILES string of the molecule is CC1(Cl)C=CC(=O)C(Cl)C1Cl. The molecule has 0 bridgehead atoms. The Bertz CT molecular complexity index is 210. The molecule has 11 heavy (non-hydrogen) atoms. The van der Waals surface area contributed by atoms with Crippen LogP contribution in [0.5, 0.6) is 0 Å². The number of ketones is 1. The normalized spacial score (nSPS) is 44.5. The number of alkyl halides is 3. The van der Waals surface area contributed by atoms with Crippen LogP contribution < -0.4 is 0 Å². The molecular formula is C7H7Cl3O. The van der Waals surface area contributed by atoms with Crippen molar-refractivity contribution in [1.82, 2.24) is 0 Å². The number of rotatable bonds is 0. The van der Waals surface area contributed by atoms with E-state index in [4.69, 9.17) is 34.8 Å². The Morgan fingerprint density at radius 3 is 2.55 bits per heavy atom. The Morgan fingerprint density at radius 2 is 2.09 bits per heavy atom. The van der Waals surface area contributed by atoms with Crippen molar-refractivity contribution in [3.05, 3.63) is 12.2 Å². The smallest absolute Gasteiger partial charge is 0.174 e. The van der Waals surface area contributed by atoms with Crippen LogP contribution in [-0.2, 0) is 4.79 Å². The molecule has 0 aromatic carbocycles. The van der Waals surface area contributed by atoms with Crippen molar-refractivity contribution in [3.8, 4) is 0 Å². The molecule has 0 saturated carbocycles. The predicted molar refractivity (Wildman–Crippen MR) is 47.7 cm³/mol. The number of hydrogen-bond donors (Lipinski definition) is 0. The van der Waals surface area contributed by atoms with Gasteiger partial charge in [0, 0.05) is 0 Å². The standard InChI is InChI=1S/C7H7Cl3O/c1-7(10)3-2-4(11)5(8)6(7)9/h2-3,5-6H,1H3. The van der Waals surface area contributed by atoms with Gasteiger partial charge >= 0.3 is 0 Å². The lowest BCUT2D eigenvalue weighted by Gasteiger charge is -2.29. The van der Waals surface area contributed by atoms with Crippen LogP contribution in [0, 0.1) is 0 Å². The molecule has 1 aliphatic carbocycles. The minimum Gasteiger partial charge on any atom is -0.293 e.